The highest BCUT2D eigenvalue weighted by molar-refractivity contribution is 5.43. The van der Waals surface area contributed by atoms with E-state index in [-0.39, 0.29) is 5.60 Å². The van der Waals surface area contributed by atoms with E-state index >= 15 is 0 Å². The molecule has 1 aromatic rings. The van der Waals surface area contributed by atoms with Gasteiger partial charge in [-0.15, -0.1) is 0 Å². The van der Waals surface area contributed by atoms with Gasteiger partial charge in [-0.3, -0.25) is 4.90 Å². The number of nitrogen functional groups attached to an aromatic ring is 1. The number of ether oxygens (including phenoxy) is 1. The summed E-state index contributed by atoms with van der Waals surface area (Å²) in [5.74, 6) is 0. The molecule has 3 rings (SSSR count). The third-order valence-corrected chi connectivity index (χ3v) is 4.54. The maximum atomic E-state index is 6.00. The summed E-state index contributed by atoms with van der Waals surface area (Å²) in [6, 6.07) is 8.47. The minimum atomic E-state index is -0.0329. The summed E-state index contributed by atoms with van der Waals surface area (Å²) in [6.07, 6.45) is 2.91. The number of nitrogens with zero attached hydrogens (tertiary/aromatic N) is 1. The Labute approximate surface area is 122 Å². The van der Waals surface area contributed by atoms with Gasteiger partial charge in [-0.2, -0.15) is 0 Å². The van der Waals surface area contributed by atoms with Crippen molar-refractivity contribution in [3.63, 3.8) is 0 Å². The fourth-order valence-electron chi connectivity index (χ4n) is 3.66. The van der Waals surface area contributed by atoms with E-state index in [9.17, 15) is 0 Å². The van der Waals surface area contributed by atoms with E-state index in [1.165, 1.54) is 18.4 Å². The Kier molecular flexibility index (Phi) is 3.30. The molecule has 0 aromatic heterocycles. The average Bonchev–Trinajstić information content (AvgIpc) is 3.07. The van der Waals surface area contributed by atoms with Gasteiger partial charge in [-0.25, -0.2) is 0 Å². The standard InChI is InChI=1S/C17H26N2O/c1-13-10-19(11-16(2,3)20-13)12-17(8-9-17)14-4-6-15(18)7-5-14/h4-7,13H,8-12,18H2,1-3H3. The molecule has 1 unspecified atom stereocenters. The van der Waals surface area contributed by atoms with E-state index < -0.39 is 0 Å². The Balaban J connectivity index is 1.72. The molecule has 0 bridgehead atoms. The van der Waals surface area contributed by atoms with E-state index in [1.807, 2.05) is 12.1 Å². The molecule has 0 radical (unpaired) electrons. The van der Waals surface area contributed by atoms with Gasteiger partial charge in [0, 0.05) is 30.7 Å². The lowest BCUT2D eigenvalue weighted by atomic mass is 9.93. The van der Waals surface area contributed by atoms with Gasteiger partial charge in [0.1, 0.15) is 0 Å². The highest BCUT2D eigenvalue weighted by atomic mass is 16.5. The molecule has 1 saturated carbocycles. The maximum absolute atomic E-state index is 6.00. The molecule has 20 heavy (non-hydrogen) atoms. The summed E-state index contributed by atoms with van der Waals surface area (Å²) in [5.41, 5.74) is 8.43. The molecule has 0 amide bonds. The Morgan fingerprint density at radius 3 is 2.45 bits per heavy atom. The van der Waals surface area contributed by atoms with Gasteiger partial charge in [0.25, 0.3) is 0 Å². The van der Waals surface area contributed by atoms with Crippen LogP contribution in [0.3, 0.4) is 0 Å². The lowest BCUT2D eigenvalue weighted by molar-refractivity contribution is -0.130. The zero-order valence-corrected chi connectivity index (χ0v) is 12.9. The molecule has 1 heterocycles. The number of anilines is 1. The largest absolute Gasteiger partial charge is 0.399 e. The van der Waals surface area contributed by atoms with Crippen molar-refractivity contribution in [1.82, 2.24) is 4.90 Å². The lowest BCUT2D eigenvalue weighted by Crippen LogP contribution is -2.53. The second-order valence-electron chi connectivity index (χ2n) is 7.26. The molecule has 110 valence electrons. The second-order valence-corrected chi connectivity index (χ2v) is 7.26. The zero-order valence-electron chi connectivity index (χ0n) is 12.9. The van der Waals surface area contributed by atoms with Crippen molar-refractivity contribution in [3.8, 4) is 0 Å². The SMILES string of the molecule is CC1CN(CC2(c3ccc(N)cc3)CC2)CC(C)(C)O1. The zero-order chi connectivity index (χ0) is 14.4. The Morgan fingerprint density at radius 1 is 1.25 bits per heavy atom. The van der Waals surface area contributed by atoms with E-state index in [0.29, 0.717) is 11.5 Å². The third-order valence-electron chi connectivity index (χ3n) is 4.54. The summed E-state index contributed by atoms with van der Waals surface area (Å²) in [4.78, 5) is 2.58. The predicted molar refractivity (Wildman–Crippen MR) is 82.8 cm³/mol. The van der Waals surface area contributed by atoms with Crippen LogP contribution in [0.2, 0.25) is 0 Å². The van der Waals surface area contributed by atoms with Crippen LogP contribution in [0.25, 0.3) is 0 Å². The second kappa shape index (κ2) is 4.74. The number of morpholine rings is 1. The van der Waals surface area contributed by atoms with Crippen molar-refractivity contribution < 1.29 is 4.74 Å². The fraction of sp³-hybridized carbons (Fsp3) is 0.647. The monoisotopic (exact) mass is 274 g/mol. The summed E-state index contributed by atoms with van der Waals surface area (Å²) in [6.45, 7) is 9.77. The summed E-state index contributed by atoms with van der Waals surface area (Å²) >= 11 is 0. The van der Waals surface area contributed by atoms with Crippen LogP contribution in [0, 0.1) is 0 Å². The van der Waals surface area contributed by atoms with Crippen LogP contribution in [0.4, 0.5) is 5.69 Å². The maximum Gasteiger partial charge on any atom is 0.0757 e. The molecule has 2 N–H and O–H groups in total. The van der Waals surface area contributed by atoms with Crippen LogP contribution in [0.5, 0.6) is 0 Å². The van der Waals surface area contributed by atoms with Crippen LogP contribution in [-0.4, -0.2) is 36.2 Å². The average molecular weight is 274 g/mol. The predicted octanol–water partition coefficient (Wildman–Crippen LogP) is 2.80. The van der Waals surface area contributed by atoms with Crippen molar-refractivity contribution in [2.24, 2.45) is 0 Å². The van der Waals surface area contributed by atoms with Gasteiger partial charge in [0.05, 0.1) is 11.7 Å². The number of nitrogens with two attached hydrogens (primary N) is 1. The highest BCUT2D eigenvalue weighted by Gasteiger charge is 2.46. The minimum absolute atomic E-state index is 0.0329. The van der Waals surface area contributed by atoms with Crippen LogP contribution in [0.1, 0.15) is 39.2 Å². The molecule has 1 atom stereocenters. The van der Waals surface area contributed by atoms with Gasteiger partial charge in [0.15, 0.2) is 0 Å². The molecule has 1 saturated heterocycles. The van der Waals surface area contributed by atoms with Gasteiger partial charge in [-0.1, -0.05) is 12.1 Å². The van der Waals surface area contributed by atoms with Crippen molar-refractivity contribution in [3.05, 3.63) is 29.8 Å². The van der Waals surface area contributed by atoms with Gasteiger partial charge in [0.2, 0.25) is 0 Å². The van der Waals surface area contributed by atoms with Gasteiger partial charge < -0.3 is 10.5 Å². The van der Waals surface area contributed by atoms with Gasteiger partial charge in [-0.05, 0) is 51.3 Å². The first-order chi connectivity index (χ1) is 9.39. The molecule has 0 spiro atoms. The molecule has 3 heteroatoms. The van der Waals surface area contributed by atoms with Crippen molar-refractivity contribution in [2.75, 3.05) is 25.4 Å². The highest BCUT2D eigenvalue weighted by Crippen LogP contribution is 2.49. The Bertz CT molecular complexity index is 476. The Hall–Kier alpha value is -1.06. The van der Waals surface area contributed by atoms with Crippen LogP contribution < -0.4 is 5.73 Å². The third kappa shape index (κ3) is 2.84. The van der Waals surface area contributed by atoms with Crippen molar-refractivity contribution >= 4 is 5.69 Å². The normalized spacial score (nSPS) is 28.2. The number of rotatable bonds is 3. The first-order valence-electron chi connectivity index (χ1n) is 7.65. The van der Waals surface area contributed by atoms with Crippen LogP contribution in [0.15, 0.2) is 24.3 Å². The molecule has 3 nitrogen and oxygen atoms in total. The first-order valence-corrected chi connectivity index (χ1v) is 7.65. The number of hydrogen-bond donors (Lipinski definition) is 1. The lowest BCUT2D eigenvalue weighted by Gasteiger charge is -2.43. The Morgan fingerprint density at radius 2 is 1.90 bits per heavy atom. The first kappa shape index (κ1) is 13.9. The molecule has 2 aliphatic rings. The van der Waals surface area contributed by atoms with Crippen LogP contribution >= 0.6 is 0 Å². The molecule has 2 fully saturated rings. The minimum Gasteiger partial charge on any atom is -0.399 e. The smallest absolute Gasteiger partial charge is 0.0757 e. The van der Waals surface area contributed by atoms with E-state index in [1.54, 1.807) is 0 Å². The van der Waals surface area contributed by atoms with Crippen LogP contribution in [-0.2, 0) is 10.2 Å². The molecule has 1 aliphatic heterocycles. The fourth-order valence-corrected chi connectivity index (χ4v) is 3.66. The van der Waals surface area contributed by atoms with Crippen molar-refractivity contribution in [2.45, 2.75) is 50.7 Å². The molecule has 1 aromatic carbocycles. The van der Waals surface area contributed by atoms with Crippen molar-refractivity contribution in [1.29, 1.82) is 0 Å². The molecule has 1 aliphatic carbocycles. The van der Waals surface area contributed by atoms with E-state index in [2.05, 4.69) is 37.8 Å². The number of hydrogen-bond acceptors (Lipinski definition) is 3. The van der Waals surface area contributed by atoms with E-state index in [4.69, 9.17) is 10.5 Å². The molecular weight excluding hydrogens is 248 g/mol. The van der Waals surface area contributed by atoms with E-state index in [0.717, 1.165) is 25.3 Å². The summed E-state index contributed by atoms with van der Waals surface area (Å²) < 4.78 is 6.00. The topological polar surface area (TPSA) is 38.5 Å². The number of benzene rings is 1. The summed E-state index contributed by atoms with van der Waals surface area (Å²) in [7, 11) is 0. The molecular formula is C17H26N2O. The van der Waals surface area contributed by atoms with Gasteiger partial charge >= 0.3 is 0 Å². The quantitative estimate of drug-likeness (QED) is 0.861. The summed E-state index contributed by atoms with van der Waals surface area (Å²) in [5, 5.41) is 0.